The molecule has 2 heteroatoms. The molecule has 100 valence electrons. The topological polar surface area (TPSA) is 25.2 Å². The third-order valence-electron chi connectivity index (χ3n) is 3.10. The lowest BCUT2D eigenvalue weighted by Crippen LogP contribution is -2.26. The summed E-state index contributed by atoms with van der Waals surface area (Å²) in [5, 5.41) is 3.49. The van der Waals surface area contributed by atoms with Gasteiger partial charge in [0, 0.05) is 19.0 Å². The first kappa shape index (κ1) is 13.6. The second-order valence-corrected chi connectivity index (χ2v) is 4.74. The van der Waals surface area contributed by atoms with Crippen LogP contribution in [0.2, 0.25) is 0 Å². The molecule has 1 unspecified atom stereocenters. The van der Waals surface area contributed by atoms with E-state index in [1.807, 2.05) is 18.2 Å². The Morgan fingerprint density at radius 1 is 1.16 bits per heavy atom. The van der Waals surface area contributed by atoms with Gasteiger partial charge in [0.05, 0.1) is 6.26 Å². The lowest BCUT2D eigenvalue weighted by molar-refractivity contribution is 0.469. The van der Waals surface area contributed by atoms with Gasteiger partial charge in [-0.15, -0.1) is 0 Å². The second-order valence-electron chi connectivity index (χ2n) is 4.74. The van der Waals surface area contributed by atoms with E-state index in [0.29, 0.717) is 6.04 Å². The summed E-state index contributed by atoms with van der Waals surface area (Å²) in [5.41, 5.74) is 1.24. The molecule has 0 aliphatic carbocycles. The fourth-order valence-electron chi connectivity index (χ4n) is 1.94. The smallest absolute Gasteiger partial charge is 0.103 e. The van der Waals surface area contributed by atoms with Crippen LogP contribution in [0.5, 0.6) is 0 Å². The highest BCUT2D eigenvalue weighted by molar-refractivity contribution is 5.48. The Morgan fingerprint density at radius 2 is 2.00 bits per heavy atom. The SMILES string of the molecule is CC(CCc1ccco1)NCC=Cc1ccccc1. The van der Waals surface area contributed by atoms with Gasteiger partial charge in [-0.05, 0) is 31.0 Å². The average Bonchev–Trinajstić information content (AvgIpc) is 2.96. The Balaban J connectivity index is 1.64. The first-order chi connectivity index (χ1) is 9.34. The Labute approximate surface area is 115 Å². The van der Waals surface area contributed by atoms with Crippen molar-refractivity contribution in [3.63, 3.8) is 0 Å². The van der Waals surface area contributed by atoms with Crippen LogP contribution in [0.1, 0.15) is 24.7 Å². The fraction of sp³-hybridized carbons (Fsp3) is 0.294. The minimum absolute atomic E-state index is 0.491. The number of nitrogens with one attached hydrogen (secondary N) is 1. The molecule has 0 radical (unpaired) electrons. The van der Waals surface area contributed by atoms with Gasteiger partial charge >= 0.3 is 0 Å². The van der Waals surface area contributed by atoms with Gasteiger partial charge in [-0.2, -0.15) is 0 Å². The lowest BCUT2D eigenvalue weighted by Gasteiger charge is -2.10. The first-order valence-electron chi connectivity index (χ1n) is 6.82. The van der Waals surface area contributed by atoms with Crippen molar-refractivity contribution in [1.82, 2.24) is 5.32 Å². The number of hydrogen-bond acceptors (Lipinski definition) is 2. The number of furan rings is 1. The molecule has 1 aromatic heterocycles. The van der Waals surface area contributed by atoms with E-state index < -0.39 is 0 Å². The van der Waals surface area contributed by atoms with Crippen molar-refractivity contribution in [3.8, 4) is 0 Å². The lowest BCUT2D eigenvalue weighted by atomic mass is 10.1. The number of rotatable bonds is 7. The van der Waals surface area contributed by atoms with Crippen molar-refractivity contribution in [2.75, 3.05) is 6.54 Å². The molecule has 1 atom stereocenters. The first-order valence-corrected chi connectivity index (χ1v) is 6.82. The third kappa shape index (κ3) is 5.14. The van der Waals surface area contributed by atoms with Gasteiger partial charge in [0.15, 0.2) is 0 Å². The zero-order chi connectivity index (χ0) is 13.3. The molecule has 2 nitrogen and oxygen atoms in total. The standard InChI is InChI=1S/C17H21NO/c1-15(11-12-17-10-6-14-19-17)18-13-5-9-16-7-3-2-4-8-16/h2-10,14-15,18H,11-13H2,1H3. The van der Waals surface area contributed by atoms with Crippen LogP contribution in [0.4, 0.5) is 0 Å². The normalized spacial score (nSPS) is 12.9. The highest BCUT2D eigenvalue weighted by atomic mass is 16.3. The number of aryl methyl sites for hydroxylation is 1. The van der Waals surface area contributed by atoms with Crippen LogP contribution < -0.4 is 5.32 Å². The molecule has 0 aliphatic heterocycles. The molecule has 0 fully saturated rings. The second kappa shape index (κ2) is 7.59. The van der Waals surface area contributed by atoms with E-state index in [4.69, 9.17) is 4.42 Å². The third-order valence-corrected chi connectivity index (χ3v) is 3.10. The van der Waals surface area contributed by atoms with E-state index in [1.165, 1.54) is 5.56 Å². The molecule has 1 N–H and O–H groups in total. The highest BCUT2D eigenvalue weighted by Crippen LogP contribution is 2.05. The maximum absolute atomic E-state index is 5.33. The van der Waals surface area contributed by atoms with Crippen LogP contribution in [0.3, 0.4) is 0 Å². The summed E-state index contributed by atoms with van der Waals surface area (Å²) >= 11 is 0. The maximum Gasteiger partial charge on any atom is 0.103 e. The van der Waals surface area contributed by atoms with Gasteiger partial charge in [-0.25, -0.2) is 0 Å². The zero-order valence-electron chi connectivity index (χ0n) is 11.4. The summed E-state index contributed by atoms with van der Waals surface area (Å²) < 4.78 is 5.33. The van der Waals surface area contributed by atoms with Crippen molar-refractivity contribution in [2.24, 2.45) is 0 Å². The van der Waals surface area contributed by atoms with Crippen LogP contribution in [-0.2, 0) is 6.42 Å². The number of hydrogen-bond donors (Lipinski definition) is 1. The molecule has 0 amide bonds. The van der Waals surface area contributed by atoms with Crippen molar-refractivity contribution < 1.29 is 4.42 Å². The van der Waals surface area contributed by atoms with Crippen LogP contribution in [0, 0.1) is 0 Å². The van der Waals surface area contributed by atoms with E-state index >= 15 is 0 Å². The number of benzene rings is 1. The maximum atomic E-state index is 5.33. The van der Waals surface area contributed by atoms with Gasteiger partial charge in [0.2, 0.25) is 0 Å². The zero-order valence-corrected chi connectivity index (χ0v) is 11.4. The Bertz CT molecular complexity index is 473. The fourth-order valence-corrected chi connectivity index (χ4v) is 1.94. The summed E-state index contributed by atoms with van der Waals surface area (Å²) in [5.74, 6) is 1.06. The molecular weight excluding hydrogens is 234 g/mol. The van der Waals surface area contributed by atoms with Gasteiger partial charge in [0.1, 0.15) is 5.76 Å². The molecule has 0 saturated carbocycles. The molecular formula is C17H21NO. The van der Waals surface area contributed by atoms with Crippen LogP contribution in [0.25, 0.3) is 6.08 Å². The predicted octanol–water partition coefficient (Wildman–Crippen LogP) is 3.90. The van der Waals surface area contributed by atoms with Crippen molar-refractivity contribution >= 4 is 6.08 Å². The molecule has 0 aliphatic rings. The molecule has 1 heterocycles. The van der Waals surface area contributed by atoms with Gasteiger partial charge in [-0.3, -0.25) is 0 Å². The van der Waals surface area contributed by atoms with Gasteiger partial charge < -0.3 is 9.73 Å². The van der Waals surface area contributed by atoms with E-state index in [1.54, 1.807) is 6.26 Å². The van der Waals surface area contributed by atoms with Crippen molar-refractivity contribution in [3.05, 3.63) is 66.1 Å². The monoisotopic (exact) mass is 255 g/mol. The Morgan fingerprint density at radius 3 is 2.74 bits per heavy atom. The van der Waals surface area contributed by atoms with Crippen LogP contribution >= 0.6 is 0 Å². The Kier molecular flexibility index (Phi) is 5.45. The minimum atomic E-state index is 0.491. The molecule has 0 bridgehead atoms. The van der Waals surface area contributed by atoms with Crippen molar-refractivity contribution in [2.45, 2.75) is 25.8 Å². The van der Waals surface area contributed by atoms with E-state index in [-0.39, 0.29) is 0 Å². The summed E-state index contributed by atoms with van der Waals surface area (Å²) in [4.78, 5) is 0. The summed E-state index contributed by atoms with van der Waals surface area (Å²) in [6.07, 6.45) is 8.12. The predicted molar refractivity (Wildman–Crippen MR) is 80.0 cm³/mol. The van der Waals surface area contributed by atoms with Crippen molar-refractivity contribution in [1.29, 1.82) is 0 Å². The average molecular weight is 255 g/mol. The summed E-state index contributed by atoms with van der Waals surface area (Å²) in [6, 6.07) is 14.8. The Hall–Kier alpha value is -1.80. The van der Waals surface area contributed by atoms with E-state index in [2.05, 4.69) is 48.7 Å². The quantitative estimate of drug-likeness (QED) is 0.811. The summed E-state index contributed by atoms with van der Waals surface area (Å²) in [7, 11) is 0. The molecule has 1 aromatic carbocycles. The van der Waals surface area contributed by atoms with E-state index in [0.717, 1.165) is 25.1 Å². The highest BCUT2D eigenvalue weighted by Gasteiger charge is 2.02. The molecule has 19 heavy (non-hydrogen) atoms. The van der Waals surface area contributed by atoms with Gasteiger partial charge in [0.25, 0.3) is 0 Å². The molecule has 0 saturated heterocycles. The van der Waals surface area contributed by atoms with E-state index in [9.17, 15) is 0 Å². The van der Waals surface area contributed by atoms with Crippen LogP contribution in [-0.4, -0.2) is 12.6 Å². The summed E-state index contributed by atoms with van der Waals surface area (Å²) in [6.45, 7) is 3.10. The molecule has 2 rings (SSSR count). The van der Waals surface area contributed by atoms with Crippen LogP contribution in [0.15, 0.2) is 59.2 Å². The molecule has 2 aromatic rings. The minimum Gasteiger partial charge on any atom is -0.469 e. The largest absolute Gasteiger partial charge is 0.469 e. The molecule has 0 spiro atoms. The van der Waals surface area contributed by atoms with Gasteiger partial charge in [-0.1, -0.05) is 42.5 Å².